The van der Waals surface area contributed by atoms with Crippen LogP contribution in [0.3, 0.4) is 0 Å². The third kappa shape index (κ3) is 2.21. The van der Waals surface area contributed by atoms with Crippen molar-refractivity contribution in [1.29, 1.82) is 0 Å². The Morgan fingerprint density at radius 2 is 2.44 bits per heavy atom. The van der Waals surface area contributed by atoms with Crippen molar-refractivity contribution in [3.63, 3.8) is 0 Å². The van der Waals surface area contributed by atoms with Gasteiger partial charge in [0.2, 0.25) is 5.13 Å². The summed E-state index contributed by atoms with van der Waals surface area (Å²) in [5.74, 6) is -0.199. The molecule has 2 rings (SSSR count). The lowest BCUT2D eigenvalue weighted by molar-refractivity contribution is 0.0523. The highest BCUT2D eigenvalue weighted by atomic mass is 32.2. The number of hydrogen-bond acceptors (Lipinski definition) is 7. The van der Waals surface area contributed by atoms with E-state index in [1.165, 1.54) is 27.8 Å². The standard InChI is InChI=1S/C10H12N4O2S2/c1-3-16-9(15)6-7(11)14(13-8(6)17-2)10-12-4-5-18-10/h4-5H,3,11H2,1-2H3. The molecule has 0 unspecified atom stereocenters. The van der Waals surface area contributed by atoms with E-state index in [0.717, 1.165) is 0 Å². The highest BCUT2D eigenvalue weighted by Gasteiger charge is 2.24. The first-order chi connectivity index (χ1) is 8.69. The fourth-order valence-corrected chi connectivity index (χ4v) is 2.57. The Kier molecular flexibility index (Phi) is 3.87. The highest BCUT2D eigenvalue weighted by molar-refractivity contribution is 7.98. The van der Waals surface area contributed by atoms with E-state index in [2.05, 4.69) is 10.1 Å². The van der Waals surface area contributed by atoms with Crippen LogP contribution < -0.4 is 5.73 Å². The zero-order valence-electron chi connectivity index (χ0n) is 9.91. The van der Waals surface area contributed by atoms with Gasteiger partial charge in [0.1, 0.15) is 16.4 Å². The molecular weight excluding hydrogens is 272 g/mol. The zero-order valence-corrected chi connectivity index (χ0v) is 11.5. The molecular formula is C10H12N4O2S2. The van der Waals surface area contributed by atoms with Crippen LogP contribution in [0, 0.1) is 0 Å². The molecule has 0 amide bonds. The number of carbonyl (C=O) groups is 1. The average molecular weight is 284 g/mol. The van der Waals surface area contributed by atoms with E-state index in [-0.39, 0.29) is 5.82 Å². The molecule has 18 heavy (non-hydrogen) atoms. The van der Waals surface area contributed by atoms with Gasteiger partial charge in [-0.25, -0.2) is 9.78 Å². The molecule has 0 fully saturated rings. The van der Waals surface area contributed by atoms with Gasteiger partial charge in [-0.1, -0.05) is 0 Å². The molecule has 2 N–H and O–H groups in total. The molecule has 2 aromatic rings. The minimum atomic E-state index is -0.456. The summed E-state index contributed by atoms with van der Waals surface area (Å²) in [6.45, 7) is 2.05. The number of aromatic nitrogens is 3. The van der Waals surface area contributed by atoms with Crippen LogP contribution in [0.5, 0.6) is 0 Å². The third-order valence-electron chi connectivity index (χ3n) is 2.16. The Bertz CT molecular complexity index is 550. The van der Waals surface area contributed by atoms with E-state index >= 15 is 0 Å². The fourth-order valence-electron chi connectivity index (χ4n) is 1.41. The topological polar surface area (TPSA) is 83.0 Å². The molecule has 96 valence electrons. The Morgan fingerprint density at radius 1 is 1.67 bits per heavy atom. The van der Waals surface area contributed by atoms with E-state index in [1.807, 2.05) is 11.6 Å². The number of rotatable bonds is 4. The van der Waals surface area contributed by atoms with Gasteiger partial charge < -0.3 is 10.5 Å². The Morgan fingerprint density at radius 3 is 3.00 bits per heavy atom. The molecule has 0 atom stereocenters. The number of carbonyl (C=O) groups excluding carboxylic acids is 1. The van der Waals surface area contributed by atoms with E-state index in [1.54, 1.807) is 13.1 Å². The van der Waals surface area contributed by atoms with Crippen LogP contribution >= 0.6 is 23.1 Å². The van der Waals surface area contributed by atoms with Crippen LogP contribution in [0.25, 0.3) is 5.13 Å². The molecule has 0 saturated heterocycles. The monoisotopic (exact) mass is 284 g/mol. The van der Waals surface area contributed by atoms with Crippen molar-refractivity contribution in [3.05, 3.63) is 17.1 Å². The van der Waals surface area contributed by atoms with Crippen molar-refractivity contribution in [3.8, 4) is 5.13 Å². The minimum Gasteiger partial charge on any atom is -0.462 e. The quantitative estimate of drug-likeness (QED) is 0.681. The number of thiazole rings is 1. The van der Waals surface area contributed by atoms with E-state index in [4.69, 9.17) is 10.5 Å². The Labute approximate surface area is 112 Å². The Hall–Kier alpha value is -1.54. The van der Waals surface area contributed by atoms with Crippen LogP contribution in [-0.4, -0.2) is 33.6 Å². The van der Waals surface area contributed by atoms with Gasteiger partial charge in [0.15, 0.2) is 0 Å². The van der Waals surface area contributed by atoms with Crippen LogP contribution in [0.15, 0.2) is 16.6 Å². The molecule has 0 radical (unpaired) electrons. The summed E-state index contributed by atoms with van der Waals surface area (Å²) >= 11 is 2.74. The summed E-state index contributed by atoms with van der Waals surface area (Å²) in [6.07, 6.45) is 3.49. The van der Waals surface area contributed by atoms with Crippen LogP contribution in [0.2, 0.25) is 0 Å². The number of hydrogen-bond donors (Lipinski definition) is 1. The van der Waals surface area contributed by atoms with Gasteiger partial charge in [-0.3, -0.25) is 0 Å². The number of thioether (sulfide) groups is 1. The van der Waals surface area contributed by atoms with E-state index in [9.17, 15) is 4.79 Å². The number of nitrogen functional groups attached to an aromatic ring is 1. The smallest absolute Gasteiger partial charge is 0.344 e. The molecule has 0 aliphatic carbocycles. The summed E-state index contributed by atoms with van der Waals surface area (Å²) in [7, 11) is 0. The van der Waals surface area contributed by atoms with Crippen molar-refractivity contribution < 1.29 is 9.53 Å². The normalized spacial score (nSPS) is 10.6. The third-order valence-corrected chi connectivity index (χ3v) is 3.58. The van der Waals surface area contributed by atoms with Gasteiger partial charge in [0.25, 0.3) is 0 Å². The lowest BCUT2D eigenvalue weighted by atomic mass is 10.3. The number of nitrogens with two attached hydrogens (primary N) is 1. The first kappa shape index (κ1) is 12.9. The second-order valence-corrected chi connectivity index (χ2v) is 4.88. The Balaban J connectivity index is 2.50. The summed E-state index contributed by atoms with van der Waals surface area (Å²) in [4.78, 5) is 16.0. The summed E-state index contributed by atoms with van der Waals surface area (Å²) in [6, 6.07) is 0. The molecule has 2 aromatic heterocycles. The van der Waals surface area contributed by atoms with Crippen molar-refractivity contribution in [2.45, 2.75) is 11.9 Å². The maximum absolute atomic E-state index is 11.8. The number of nitrogens with zero attached hydrogens (tertiary/aromatic N) is 3. The fraction of sp³-hybridized carbons (Fsp3) is 0.300. The molecule has 8 heteroatoms. The summed E-state index contributed by atoms with van der Waals surface area (Å²) in [5, 5.41) is 7.26. The number of ether oxygens (including phenoxy) is 1. The maximum Gasteiger partial charge on any atom is 0.344 e. The lowest BCUT2D eigenvalue weighted by Gasteiger charge is -2.02. The van der Waals surface area contributed by atoms with Crippen LogP contribution in [0.4, 0.5) is 5.82 Å². The minimum absolute atomic E-state index is 0.257. The van der Waals surface area contributed by atoms with Crippen LogP contribution in [0.1, 0.15) is 17.3 Å². The van der Waals surface area contributed by atoms with Crippen molar-refractivity contribution >= 4 is 34.9 Å². The van der Waals surface area contributed by atoms with Gasteiger partial charge in [-0.2, -0.15) is 9.78 Å². The van der Waals surface area contributed by atoms with Gasteiger partial charge in [0, 0.05) is 11.6 Å². The first-order valence-corrected chi connectivity index (χ1v) is 7.29. The first-order valence-electron chi connectivity index (χ1n) is 5.18. The van der Waals surface area contributed by atoms with Crippen molar-refractivity contribution in [2.75, 3.05) is 18.6 Å². The second kappa shape index (κ2) is 5.40. The summed E-state index contributed by atoms with van der Waals surface area (Å²) < 4.78 is 6.44. The molecule has 0 aromatic carbocycles. The molecule has 0 bridgehead atoms. The van der Waals surface area contributed by atoms with Crippen molar-refractivity contribution in [2.24, 2.45) is 0 Å². The molecule has 0 spiro atoms. The zero-order chi connectivity index (χ0) is 13.1. The maximum atomic E-state index is 11.8. The molecule has 0 aliphatic heterocycles. The molecule has 6 nitrogen and oxygen atoms in total. The lowest BCUT2D eigenvalue weighted by Crippen LogP contribution is -2.09. The van der Waals surface area contributed by atoms with Gasteiger partial charge >= 0.3 is 5.97 Å². The predicted octanol–water partition coefficient (Wildman–Crippen LogP) is 1.81. The van der Waals surface area contributed by atoms with E-state index < -0.39 is 5.97 Å². The van der Waals surface area contributed by atoms with E-state index in [0.29, 0.717) is 22.3 Å². The molecule has 2 heterocycles. The van der Waals surface area contributed by atoms with Gasteiger partial charge in [0.05, 0.1) is 6.61 Å². The van der Waals surface area contributed by atoms with Gasteiger partial charge in [-0.05, 0) is 13.2 Å². The number of anilines is 1. The molecule has 0 saturated carbocycles. The number of esters is 1. The SMILES string of the molecule is CCOC(=O)c1c(SC)nn(-c2nccs2)c1N. The highest BCUT2D eigenvalue weighted by Crippen LogP contribution is 2.28. The van der Waals surface area contributed by atoms with Gasteiger partial charge in [-0.15, -0.1) is 23.1 Å². The van der Waals surface area contributed by atoms with Crippen LogP contribution in [-0.2, 0) is 4.74 Å². The predicted molar refractivity (Wildman–Crippen MR) is 71.4 cm³/mol. The summed E-state index contributed by atoms with van der Waals surface area (Å²) in [5.41, 5.74) is 6.26. The molecule has 0 aliphatic rings. The average Bonchev–Trinajstić information content (AvgIpc) is 2.96. The van der Waals surface area contributed by atoms with Crippen molar-refractivity contribution in [1.82, 2.24) is 14.8 Å². The second-order valence-electron chi connectivity index (χ2n) is 3.22. The largest absolute Gasteiger partial charge is 0.462 e.